The number of hydrogen-bond acceptors (Lipinski definition) is 6. The molecule has 3 rings (SSSR count). The summed E-state index contributed by atoms with van der Waals surface area (Å²) in [6.07, 6.45) is -0.903. The van der Waals surface area contributed by atoms with Crippen molar-refractivity contribution < 1.29 is 23.8 Å². The van der Waals surface area contributed by atoms with Gasteiger partial charge in [-0.3, -0.25) is 4.79 Å². The Kier molecular flexibility index (Phi) is 5.49. The number of fused-ring (bicyclic) bond motifs is 1. The quantitative estimate of drug-likeness (QED) is 0.787. The summed E-state index contributed by atoms with van der Waals surface area (Å²) in [4.78, 5) is 26.3. The van der Waals surface area contributed by atoms with E-state index in [1.165, 1.54) is 0 Å². The minimum atomic E-state index is -0.903. The predicted molar refractivity (Wildman–Crippen MR) is 100 cm³/mol. The van der Waals surface area contributed by atoms with Crippen molar-refractivity contribution in [2.75, 3.05) is 25.8 Å². The van der Waals surface area contributed by atoms with Crippen LogP contribution in [0.25, 0.3) is 0 Å². The zero-order chi connectivity index (χ0) is 19.4. The lowest BCUT2D eigenvalue weighted by molar-refractivity contribution is -0.129. The van der Waals surface area contributed by atoms with E-state index in [0.717, 1.165) is 11.3 Å². The average Bonchev–Trinajstić information content (AvgIpc) is 3.13. The number of amides is 1. The van der Waals surface area contributed by atoms with Gasteiger partial charge in [0.05, 0.1) is 5.56 Å². The summed E-state index contributed by atoms with van der Waals surface area (Å²) in [7, 11) is 3.83. The van der Waals surface area contributed by atoms with Gasteiger partial charge in [-0.15, -0.1) is 0 Å². The van der Waals surface area contributed by atoms with Gasteiger partial charge in [0.15, 0.2) is 17.6 Å². The summed E-state index contributed by atoms with van der Waals surface area (Å²) in [6.45, 7) is 2.05. The van der Waals surface area contributed by atoms with Crippen molar-refractivity contribution in [2.45, 2.75) is 19.6 Å². The van der Waals surface area contributed by atoms with E-state index in [4.69, 9.17) is 14.2 Å². The first kappa shape index (κ1) is 18.6. The second kappa shape index (κ2) is 7.99. The molecule has 7 nitrogen and oxygen atoms in total. The SMILES string of the molecule is CC(OC(=O)c1ccc(N(C)C)cc1)C(=O)NCc1ccc2c(c1)OCO2. The molecule has 1 atom stereocenters. The highest BCUT2D eigenvalue weighted by molar-refractivity contribution is 5.92. The van der Waals surface area contributed by atoms with Gasteiger partial charge in [-0.25, -0.2) is 4.79 Å². The number of carbonyl (C=O) groups is 2. The third-order valence-corrected chi connectivity index (χ3v) is 4.18. The molecule has 1 aliphatic heterocycles. The molecule has 2 aromatic carbocycles. The minimum absolute atomic E-state index is 0.202. The zero-order valence-electron chi connectivity index (χ0n) is 15.5. The lowest BCUT2D eigenvalue weighted by Gasteiger charge is -2.15. The minimum Gasteiger partial charge on any atom is -0.454 e. The van der Waals surface area contributed by atoms with Gasteiger partial charge < -0.3 is 24.4 Å². The molecule has 0 saturated carbocycles. The maximum absolute atomic E-state index is 12.2. The van der Waals surface area contributed by atoms with Crippen LogP contribution >= 0.6 is 0 Å². The Morgan fingerprint density at radius 2 is 1.81 bits per heavy atom. The van der Waals surface area contributed by atoms with E-state index in [1.54, 1.807) is 25.1 Å². The lowest BCUT2D eigenvalue weighted by atomic mass is 10.2. The summed E-state index contributed by atoms with van der Waals surface area (Å²) in [5.74, 6) is 0.437. The number of nitrogens with zero attached hydrogens (tertiary/aromatic N) is 1. The number of carbonyl (C=O) groups excluding carboxylic acids is 2. The molecule has 0 spiro atoms. The zero-order valence-corrected chi connectivity index (χ0v) is 15.5. The van der Waals surface area contributed by atoms with E-state index in [2.05, 4.69) is 5.32 Å². The first-order chi connectivity index (χ1) is 12.9. The molecular weight excluding hydrogens is 348 g/mol. The molecule has 0 aromatic heterocycles. The third kappa shape index (κ3) is 4.49. The van der Waals surface area contributed by atoms with E-state index in [9.17, 15) is 9.59 Å². The average molecular weight is 370 g/mol. The van der Waals surface area contributed by atoms with Crippen LogP contribution in [0.3, 0.4) is 0 Å². The maximum atomic E-state index is 12.2. The Balaban J connectivity index is 1.51. The number of hydrogen-bond donors (Lipinski definition) is 1. The van der Waals surface area contributed by atoms with Crippen LogP contribution in [0.1, 0.15) is 22.8 Å². The highest BCUT2D eigenvalue weighted by atomic mass is 16.7. The second-order valence-corrected chi connectivity index (χ2v) is 6.39. The topological polar surface area (TPSA) is 77.1 Å². The Labute approximate surface area is 157 Å². The lowest BCUT2D eigenvalue weighted by Crippen LogP contribution is -2.35. The fourth-order valence-electron chi connectivity index (χ4n) is 2.56. The van der Waals surface area contributed by atoms with E-state index >= 15 is 0 Å². The first-order valence-corrected chi connectivity index (χ1v) is 8.58. The van der Waals surface area contributed by atoms with Crippen molar-refractivity contribution >= 4 is 17.6 Å². The normalized spacial score (nSPS) is 13.0. The Morgan fingerprint density at radius 3 is 2.52 bits per heavy atom. The third-order valence-electron chi connectivity index (χ3n) is 4.18. The van der Waals surface area contributed by atoms with Gasteiger partial charge in [-0.2, -0.15) is 0 Å². The molecule has 0 radical (unpaired) electrons. The van der Waals surface area contributed by atoms with Gasteiger partial charge in [-0.1, -0.05) is 6.07 Å². The largest absolute Gasteiger partial charge is 0.454 e. The Bertz CT molecular complexity index is 833. The van der Waals surface area contributed by atoms with Gasteiger partial charge in [0.25, 0.3) is 5.91 Å². The summed E-state index contributed by atoms with van der Waals surface area (Å²) >= 11 is 0. The summed E-state index contributed by atoms with van der Waals surface area (Å²) in [5.41, 5.74) is 2.24. The molecule has 1 heterocycles. The van der Waals surface area contributed by atoms with Crippen LogP contribution in [-0.2, 0) is 16.1 Å². The molecule has 0 fully saturated rings. The molecule has 142 valence electrons. The fraction of sp³-hybridized carbons (Fsp3) is 0.300. The van der Waals surface area contributed by atoms with Crippen LogP contribution in [0.15, 0.2) is 42.5 Å². The van der Waals surface area contributed by atoms with Crippen LogP contribution in [0.5, 0.6) is 11.5 Å². The van der Waals surface area contributed by atoms with Crippen LogP contribution in [0.4, 0.5) is 5.69 Å². The fourth-order valence-corrected chi connectivity index (χ4v) is 2.56. The maximum Gasteiger partial charge on any atom is 0.338 e. The van der Waals surface area contributed by atoms with Crippen LogP contribution < -0.4 is 19.7 Å². The van der Waals surface area contributed by atoms with Crippen molar-refractivity contribution in [1.29, 1.82) is 0 Å². The standard InChI is InChI=1S/C20H22N2O5/c1-13(27-20(24)15-5-7-16(8-6-15)22(2)3)19(23)21-11-14-4-9-17-18(10-14)26-12-25-17/h4-10,13H,11-12H2,1-3H3,(H,21,23). The first-order valence-electron chi connectivity index (χ1n) is 8.58. The molecule has 0 bridgehead atoms. The van der Waals surface area contributed by atoms with Gasteiger partial charge >= 0.3 is 5.97 Å². The molecule has 1 N–H and O–H groups in total. The van der Waals surface area contributed by atoms with E-state index in [0.29, 0.717) is 23.6 Å². The molecule has 27 heavy (non-hydrogen) atoms. The molecule has 0 saturated heterocycles. The smallest absolute Gasteiger partial charge is 0.338 e. The number of esters is 1. The van der Waals surface area contributed by atoms with Crippen molar-refractivity contribution in [2.24, 2.45) is 0 Å². The number of rotatable bonds is 6. The van der Waals surface area contributed by atoms with E-state index in [-0.39, 0.29) is 12.7 Å². The van der Waals surface area contributed by atoms with E-state index < -0.39 is 12.1 Å². The second-order valence-electron chi connectivity index (χ2n) is 6.39. The highest BCUT2D eigenvalue weighted by Crippen LogP contribution is 2.32. The van der Waals surface area contributed by atoms with Crippen molar-refractivity contribution in [1.82, 2.24) is 5.32 Å². The number of ether oxygens (including phenoxy) is 3. The summed E-state index contributed by atoms with van der Waals surface area (Å²) < 4.78 is 15.8. The number of anilines is 1. The Morgan fingerprint density at radius 1 is 1.11 bits per heavy atom. The monoisotopic (exact) mass is 370 g/mol. The molecule has 1 aliphatic rings. The van der Waals surface area contributed by atoms with Crippen molar-refractivity contribution in [3.05, 3.63) is 53.6 Å². The molecular formula is C20H22N2O5. The molecule has 7 heteroatoms. The number of benzene rings is 2. The summed E-state index contributed by atoms with van der Waals surface area (Å²) in [5, 5.41) is 2.75. The number of nitrogens with one attached hydrogen (secondary N) is 1. The van der Waals surface area contributed by atoms with E-state index in [1.807, 2.05) is 43.3 Å². The summed E-state index contributed by atoms with van der Waals surface area (Å²) in [6, 6.07) is 12.4. The highest BCUT2D eigenvalue weighted by Gasteiger charge is 2.19. The predicted octanol–water partition coefficient (Wildman–Crippen LogP) is 2.34. The molecule has 1 amide bonds. The van der Waals surface area contributed by atoms with Crippen LogP contribution in [0, 0.1) is 0 Å². The molecule has 1 unspecified atom stereocenters. The molecule has 2 aromatic rings. The van der Waals surface area contributed by atoms with Gasteiger partial charge in [0.2, 0.25) is 6.79 Å². The molecule has 0 aliphatic carbocycles. The van der Waals surface area contributed by atoms with Gasteiger partial charge in [0, 0.05) is 26.3 Å². The van der Waals surface area contributed by atoms with Crippen molar-refractivity contribution in [3.8, 4) is 11.5 Å². The van der Waals surface area contributed by atoms with Crippen LogP contribution in [0.2, 0.25) is 0 Å². The van der Waals surface area contributed by atoms with Gasteiger partial charge in [0.1, 0.15) is 0 Å². The van der Waals surface area contributed by atoms with Gasteiger partial charge in [-0.05, 0) is 48.9 Å². The Hall–Kier alpha value is -3.22. The van der Waals surface area contributed by atoms with Crippen LogP contribution in [-0.4, -0.2) is 38.9 Å². The van der Waals surface area contributed by atoms with Crippen molar-refractivity contribution in [3.63, 3.8) is 0 Å².